The summed E-state index contributed by atoms with van der Waals surface area (Å²) < 4.78 is 34.8. The molecule has 0 aliphatic rings. The van der Waals surface area contributed by atoms with Gasteiger partial charge < -0.3 is 14.3 Å². The highest BCUT2D eigenvalue weighted by atomic mass is 35.5. The lowest BCUT2D eigenvalue weighted by atomic mass is 10.1. The van der Waals surface area contributed by atoms with Crippen molar-refractivity contribution in [1.29, 1.82) is 0 Å². The molecule has 3 rings (SSSR count). The van der Waals surface area contributed by atoms with Crippen molar-refractivity contribution in [2.75, 3.05) is 11.5 Å². The largest absolute Gasteiger partial charge is 0.489 e. The average molecular weight is 423 g/mol. The third kappa shape index (κ3) is 5.05. The number of carboxylic acids is 1. The number of fused-ring (bicyclic) bond motifs is 1. The summed E-state index contributed by atoms with van der Waals surface area (Å²) in [6, 6.07) is 11.1. The predicted octanol–water partition coefficient (Wildman–Crippen LogP) is 4.02. The summed E-state index contributed by atoms with van der Waals surface area (Å²) in [5, 5.41) is 10.1. The Morgan fingerprint density at radius 3 is 2.68 bits per heavy atom. The molecule has 1 aromatic heterocycles. The van der Waals surface area contributed by atoms with Gasteiger partial charge in [0.15, 0.2) is 9.84 Å². The highest BCUT2D eigenvalue weighted by Crippen LogP contribution is 2.27. The summed E-state index contributed by atoms with van der Waals surface area (Å²) in [6.45, 7) is 2.28. The lowest BCUT2D eigenvalue weighted by Crippen LogP contribution is -2.19. The zero-order valence-corrected chi connectivity index (χ0v) is 16.7. The van der Waals surface area contributed by atoms with E-state index in [1.54, 1.807) is 18.2 Å². The summed E-state index contributed by atoms with van der Waals surface area (Å²) in [4.78, 5) is 10.6. The van der Waals surface area contributed by atoms with Crippen molar-refractivity contribution in [2.24, 2.45) is 0 Å². The number of ether oxygens (including phenoxy) is 1. The van der Waals surface area contributed by atoms with Crippen LogP contribution in [0.5, 0.6) is 5.75 Å². The van der Waals surface area contributed by atoms with Crippen molar-refractivity contribution in [1.82, 2.24) is 0 Å². The first kappa shape index (κ1) is 20.2. The van der Waals surface area contributed by atoms with Crippen LogP contribution in [0.3, 0.4) is 0 Å². The molecule has 1 N–H and O–H groups in total. The molecule has 8 heteroatoms. The minimum absolute atomic E-state index is 0.182. The topological polar surface area (TPSA) is 93.8 Å². The minimum atomic E-state index is -3.66. The predicted molar refractivity (Wildman–Crippen MR) is 107 cm³/mol. The van der Waals surface area contributed by atoms with E-state index in [1.165, 1.54) is 6.26 Å². The Hall–Kier alpha value is -2.51. The van der Waals surface area contributed by atoms with E-state index in [1.807, 2.05) is 25.1 Å². The molecule has 0 aliphatic heterocycles. The summed E-state index contributed by atoms with van der Waals surface area (Å²) in [7, 11) is -3.66. The van der Waals surface area contributed by atoms with Gasteiger partial charge in [-0.25, -0.2) is 8.42 Å². The molecule has 0 aliphatic carbocycles. The molecule has 3 aromatic rings. The van der Waals surface area contributed by atoms with Gasteiger partial charge in [-0.3, -0.25) is 4.79 Å². The lowest BCUT2D eigenvalue weighted by Gasteiger charge is -2.08. The van der Waals surface area contributed by atoms with Gasteiger partial charge in [-0.1, -0.05) is 23.7 Å². The average Bonchev–Trinajstić information content (AvgIpc) is 3.00. The van der Waals surface area contributed by atoms with Gasteiger partial charge in [0.25, 0.3) is 0 Å². The van der Waals surface area contributed by atoms with Crippen molar-refractivity contribution in [3.05, 3.63) is 64.4 Å². The second kappa shape index (κ2) is 8.24. The van der Waals surface area contributed by atoms with E-state index in [9.17, 15) is 13.2 Å². The number of benzene rings is 2. The van der Waals surface area contributed by atoms with E-state index in [0.29, 0.717) is 28.5 Å². The fraction of sp³-hybridized carbons (Fsp3) is 0.250. The highest BCUT2D eigenvalue weighted by Gasteiger charge is 2.17. The first-order chi connectivity index (χ1) is 13.2. The van der Waals surface area contributed by atoms with Gasteiger partial charge in [-0.05, 0) is 42.7 Å². The van der Waals surface area contributed by atoms with Gasteiger partial charge in [0.2, 0.25) is 0 Å². The van der Waals surface area contributed by atoms with E-state index in [0.717, 1.165) is 16.5 Å². The molecular weight excluding hydrogens is 404 g/mol. The molecule has 6 nitrogen and oxygen atoms in total. The molecule has 0 saturated heterocycles. The van der Waals surface area contributed by atoms with Crippen LogP contribution < -0.4 is 4.74 Å². The Morgan fingerprint density at radius 1 is 1.18 bits per heavy atom. The van der Waals surface area contributed by atoms with Crippen LogP contribution >= 0.6 is 11.6 Å². The maximum atomic E-state index is 11.8. The van der Waals surface area contributed by atoms with Crippen LogP contribution in [-0.2, 0) is 27.7 Å². The Labute approximate surface area is 167 Å². The molecule has 0 atom stereocenters. The molecule has 148 valence electrons. The van der Waals surface area contributed by atoms with Crippen molar-refractivity contribution in [3.8, 4) is 5.75 Å². The summed E-state index contributed by atoms with van der Waals surface area (Å²) in [6.07, 6.45) is 1.67. The van der Waals surface area contributed by atoms with Gasteiger partial charge in [-0.2, -0.15) is 0 Å². The van der Waals surface area contributed by atoms with Gasteiger partial charge >= 0.3 is 5.97 Å². The van der Waals surface area contributed by atoms with Crippen molar-refractivity contribution >= 4 is 38.4 Å². The van der Waals surface area contributed by atoms with E-state index in [-0.39, 0.29) is 12.2 Å². The quantitative estimate of drug-likeness (QED) is 0.589. The molecule has 0 bridgehead atoms. The number of hydrogen-bond donors (Lipinski definition) is 1. The SMILES string of the molecule is Cc1ccc(COc2ccc3c(CCS(=O)(=O)CC(=O)O)coc3c2)c(Cl)c1. The Balaban J connectivity index is 1.69. The molecule has 2 aromatic carbocycles. The Bertz CT molecular complexity index is 1120. The molecule has 0 amide bonds. The van der Waals surface area contributed by atoms with Crippen molar-refractivity contribution < 1.29 is 27.5 Å². The maximum Gasteiger partial charge on any atom is 0.318 e. The van der Waals surface area contributed by atoms with Crippen molar-refractivity contribution in [2.45, 2.75) is 20.0 Å². The minimum Gasteiger partial charge on any atom is -0.489 e. The molecule has 1 heterocycles. The van der Waals surface area contributed by atoms with Crippen LogP contribution in [0.4, 0.5) is 0 Å². The van der Waals surface area contributed by atoms with Crippen LogP contribution in [0.15, 0.2) is 47.1 Å². The van der Waals surface area contributed by atoms with Crippen molar-refractivity contribution in [3.63, 3.8) is 0 Å². The summed E-state index contributed by atoms with van der Waals surface area (Å²) in [5.74, 6) is -1.88. The monoisotopic (exact) mass is 422 g/mol. The number of halogens is 1. The van der Waals surface area contributed by atoms with Gasteiger partial charge in [0.1, 0.15) is 23.7 Å². The normalized spacial score (nSPS) is 11.6. The molecule has 0 fully saturated rings. The molecule has 0 radical (unpaired) electrons. The lowest BCUT2D eigenvalue weighted by molar-refractivity contribution is -0.134. The zero-order chi connectivity index (χ0) is 20.3. The van der Waals surface area contributed by atoms with Gasteiger partial charge in [-0.15, -0.1) is 0 Å². The molecular formula is C20H19ClO6S. The summed E-state index contributed by atoms with van der Waals surface area (Å²) >= 11 is 6.21. The first-order valence-corrected chi connectivity index (χ1v) is 10.7. The zero-order valence-electron chi connectivity index (χ0n) is 15.1. The number of furan rings is 1. The van der Waals surface area contributed by atoms with E-state index in [2.05, 4.69) is 0 Å². The second-order valence-electron chi connectivity index (χ2n) is 6.54. The number of carbonyl (C=O) groups is 1. The third-order valence-electron chi connectivity index (χ3n) is 4.26. The molecule has 0 saturated carbocycles. The first-order valence-electron chi connectivity index (χ1n) is 8.54. The number of rotatable bonds is 8. The number of sulfone groups is 1. The van der Waals surface area contributed by atoms with Crippen LogP contribution in [-0.4, -0.2) is 31.0 Å². The maximum absolute atomic E-state index is 11.8. The van der Waals surface area contributed by atoms with Crippen LogP contribution in [0.25, 0.3) is 11.0 Å². The third-order valence-corrected chi connectivity index (χ3v) is 6.12. The molecule has 0 unspecified atom stereocenters. The Morgan fingerprint density at radius 2 is 1.96 bits per heavy atom. The number of hydrogen-bond acceptors (Lipinski definition) is 5. The van der Waals surface area contributed by atoms with E-state index in [4.69, 9.17) is 25.9 Å². The smallest absolute Gasteiger partial charge is 0.318 e. The summed E-state index contributed by atoms with van der Waals surface area (Å²) in [5.41, 5.74) is 3.22. The van der Waals surface area contributed by atoms with Gasteiger partial charge in [0.05, 0.1) is 12.0 Å². The van der Waals surface area contributed by atoms with E-state index >= 15 is 0 Å². The number of carboxylic acid groups (broad SMARTS) is 1. The van der Waals surface area contributed by atoms with Crippen LogP contribution in [0.2, 0.25) is 5.02 Å². The standard InChI is InChI=1S/C20H19ClO6S/c1-13-2-3-15(18(21)8-13)11-26-16-4-5-17-14(10-27-19(17)9-16)6-7-28(24,25)12-20(22)23/h2-5,8-10H,6-7,11-12H2,1H3,(H,22,23). The fourth-order valence-electron chi connectivity index (χ4n) is 2.80. The highest BCUT2D eigenvalue weighted by molar-refractivity contribution is 7.92. The fourth-order valence-corrected chi connectivity index (χ4v) is 4.14. The number of aliphatic carboxylic acids is 1. The Kier molecular flexibility index (Phi) is 5.96. The van der Waals surface area contributed by atoms with Crippen LogP contribution in [0.1, 0.15) is 16.7 Å². The molecule has 0 spiro atoms. The van der Waals surface area contributed by atoms with Gasteiger partial charge in [0, 0.05) is 22.0 Å². The number of aryl methyl sites for hydroxylation is 2. The van der Waals surface area contributed by atoms with E-state index < -0.39 is 21.6 Å². The van der Waals surface area contributed by atoms with Crippen LogP contribution in [0, 0.1) is 6.92 Å². The second-order valence-corrected chi connectivity index (χ2v) is 9.13. The molecule has 28 heavy (non-hydrogen) atoms.